The van der Waals surface area contributed by atoms with Crippen molar-refractivity contribution in [1.29, 1.82) is 5.26 Å². The molecule has 0 bridgehead atoms. The van der Waals surface area contributed by atoms with Crippen LogP contribution in [0.1, 0.15) is 28.7 Å². The minimum Gasteiger partial charge on any atom is -0.488 e. The highest BCUT2D eigenvalue weighted by atomic mass is 79.9. The van der Waals surface area contributed by atoms with Crippen LogP contribution in [0, 0.1) is 11.3 Å². The summed E-state index contributed by atoms with van der Waals surface area (Å²) in [7, 11) is 0. The van der Waals surface area contributed by atoms with E-state index in [1.54, 1.807) is 6.07 Å². The van der Waals surface area contributed by atoms with Crippen molar-refractivity contribution < 1.29 is 4.74 Å². The van der Waals surface area contributed by atoms with Crippen molar-refractivity contribution >= 4 is 15.9 Å². The monoisotopic (exact) mass is 327 g/mol. The lowest BCUT2D eigenvalue weighted by atomic mass is 10.1. The minimum absolute atomic E-state index is 0.504. The van der Waals surface area contributed by atoms with E-state index in [9.17, 15) is 0 Å². The lowest BCUT2D eigenvalue weighted by molar-refractivity contribution is 0.305. The van der Waals surface area contributed by atoms with Crippen LogP contribution in [0.15, 0.2) is 40.9 Å². The number of hydrogen-bond donors (Lipinski definition) is 0. The molecule has 3 rings (SSSR count). The average molecular weight is 328 g/mol. The SMILES string of the molecule is N#Cc1cc(Br)ccc1OCc1ccc2c(c1)CCC2. The molecule has 0 aliphatic heterocycles. The number of halogens is 1. The van der Waals surface area contributed by atoms with Gasteiger partial charge in [0.05, 0.1) is 5.56 Å². The van der Waals surface area contributed by atoms with E-state index in [1.165, 1.54) is 30.4 Å². The molecule has 1 aliphatic carbocycles. The standard InChI is InChI=1S/C17H14BrNO/c18-16-6-7-17(15(9-16)10-19)20-11-12-4-5-13-2-1-3-14(13)8-12/h4-9H,1-3,11H2. The Morgan fingerprint density at radius 3 is 2.80 bits per heavy atom. The van der Waals surface area contributed by atoms with Crippen molar-refractivity contribution in [3.05, 3.63) is 63.1 Å². The Morgan fingerprint density at radius 1 is 1.10 bits per heavy atom. The largest absolute Gasteiger partial charge is 0.488 e. The van der Waals surface area contributed by atoms with Gasteiger partial charge in [-0.2, -0.15) is 5.26 Å². The average Bonchev–Trinajstić information content (AvgIpc) is 2.93. The summed E-state index contributed by atoms with van der Waals surface area (Å²) in [4.78, 5) is 0. The molecule has 0 atom stereocenters. The zero-order valence-corrected chi connectivity index (χ0v) is 12.6. The highest BCUT2D eigenvalue weighted by molar-refractivity contribution is 9.10. The zero-order valence-electron chi connectivity index (χ0n) is 11.0. The fourth-order valence-corrected chi connectivity index (χ4v) is 2.95. The van der Waals surface area contributed by atoms with Crippen molar-refractivity contribution in [3.63, 3.8) is 0 Å². The Bertz CT molecular complexity index is 688. The van der Waals surface area contributed by atoms with Gasteiger partial charge in [0.2, 0.25) is 0 Å². The smallest absolute Gasteiger partial charge is 0.137 e. The Balaban J connectivity index is 1.75. The molecule has 2 aromatic rings. The Morgan fingerprint density at radius 2 is 1.95 bits per heavy atom. The van der Waals surface area contributed by atoms with E-state index in [2.05, 4.69) is 40.2 Å². The summed E-state index contributed by atoms with van der Waals surface area (Å²) in [6.07, 6.45) is 3.62. The highest BCUT2D eigenvalue weighted by Crippen LogP contribution is 2.25. The van der Waals surface area contributed by atoms with E-state index in [4.69, 9.17) is 10.00 Å². The first-order valence-corrected chi connectivity index (χ1v) is 7.49. The zero-order chi connectivity index (χ0) is 13.9. The number of aryl methyl sites for hydroxylation is 2. The van der Waals surface area contributed by atoms with Crippen LogP contribution >= 0.6 is 15.9 Å². The number of nitriles is 1. The molecule has 0 amide bonds. The van der Waals surface area contributed by atoms with Gasteiger partial charge in [0.1, 0.15) is 18.4 Å². The molecular formula is C17H14BrNO. The maximum atomic E-state index is 9.12. The number of benzene rings is 2. The van der Waals surface area contributed by atoms with Crippen LogP contribution in [0.4, 0.5) is 0 Å². The second kappa shape index (κ2) is 5.68. The van der Waals surface area contributed by atoms with E-state index in [0.717, 1.165) is 10.0 Å². The Labute approximate surface area is 127 Å². The van der Waals surface area contributed by atoms with Crippen LogP contribution < -0.4 is 4.74 Å². The third-order valence-corrected chi connectivity index (χ3v) is 4.11. The van der Waals surface area contributed by atoms with Gasteiger partial charge in [0.25, 0.3) is 0 Å². The van der Waals surface area contributed by atoms with Crippen molar-refractivity contribution in [3.8, 4) is 11.8 Å². The fraction of sp³-hybridized carbons (Fsp3) is 0.235. The number of fused-ring (bicyclic) bond motifs is 1. The summed E-state index contributed by atoms with van der Waals surface area (Å²) in [6.45, 7) is 0.504. The fourth-order valence-electron chi connectivity index (χ4n) is 2.59. The van der Waals surface area contributed by atoms with Gasteiger partial charge in [-0.15, -0.1) is 0 Å². The highest BCUT2D eigenvalue weighted by Gasteiger charge is 2.11. The van der Waals surface area contributed by atoms with Crippen molar-refractivity contribution in [2.45, 2.75) is 25.9 Å². The molecule has 1 aliphatic rings. The summed E-state index contributed by atoms with van der Waals surface area (Å²) >= 11 is 3.36. The molecule has 100 valence electrons. The third-order valence-electron chi connectivity index (χ3n) is 3.62. The number of nitrogens with zero attached hydrogens (tertiary/aromatic N) is 1. The molecule has 0 saturated heterocycles. The van der Waals surface area contributed by atoms with Gasteiger partial charge >= 0.3 is 0 Å². The molecule has 20 heavy (non-hydrogen) atoms. The second-order valence-corrected chi connectivity index (χ2v) is 5.91. The van der Waals surface area contributed by atoms with Gasteiger partial charge < -0.3 is 4.74 Å². The molecule has 0 fully saturated rings. The summed E-state index contributed by atoms with van der Waals surface area (Å²) in [5.74, 6) is 0.635. The van der Waals surface area contributed by atoms with E-state index < -0.39 is 0 Å². The molecule has 3 heteroatoms. The first kappa shape index (κ1) is 13.2. The molecule has 0 N–H and O–H groups in total. The normalized spacial score (nSPS) is 12.8. The van der Waals surface area contributed by atoms with Crippen molar-refractivity contribution in [1.82, 2.24) is 0 Å². The predicted molar refractivity (Wildman–Crippen MR) is 81.7 cm³/mol. The van der Waals surface area contributed by atoms with Crippen LogP contribution in [0.5, 0.6) is 5.75 Å². The first-order chi connectivity index (χ1) is 9.76. The van der Waals surface area contributed by atoms with E-state index in [1.807, 2.05) is 12.1 Å². The molecule has 0 radical (unpaired) electrons. The molecule has 0 unspecified atom stereocenters. The van der Waals surface area contributed by atoms with E-state index in [-0.39, 0.29) is 0 Å². The van der Waals surface area contributed by atoms with Crippen LogP contribution in [0.3, 0.4) is 0 Å². The van der Waals surface area contributed by atoms with E-state index in [0.29, 0.717) is 17.9 Å². The van der Waals surface area contributed by atoms with Crippen LogP contribution in [0.25, 0.3) is 0 Å². The summed E-state index contributed by atoms with van der Waals surface area (Å²) in [5, 5.41) is 9.12. The van der Waals surface area contributed by atoms with Crippen molar-refractivity contribution in [2.24, 2.45) is 0 Å². The first-order valence-electron chi connectivity index (χ1n) is 6.69. The number of ether oxygens (including phenoxy) is 1. The molecule has 0 aromatic heterocycles. The second-order valence-electron chi connectivity index (χ2n) is 5.00. The summed E-state index contributed by atoms with van der Waals surface area (Å²) in [5.41, 5.74) is 4.63. The van der Waals surface area contributed by atoms with Crippen molar-refractivity contribution in [2.75, 3.05) is 0 Å². The quantitative estimate of drug-likeness (QED) is 0.837. The van der Waals surface area contributed by atoms with Gasteiger partial charge in [-0.25, -0.2) is 0 Å². The molecule has 0 spiro atoms. The van der Waals surface area contributed by atoms with E-state index >= 15 is 0 Å². The Kier molecular flexibility index (Phi) is 3.75. The maximum Gasteiger partial charge on any atom is 0.137 e. The van der Waals surface area contributed by atoms with Crippen LogP contribution in [0.2, 0.25) is 0 Å². The maximum absolute atomic E-state index is 9.12. The van der Waals surface area contributed by atoms with Gasteiger partial charge in [0, 0.05) is 4.47 Å². The lowest BCUT2D eigenvalue weighted by Gasteiger charge is -2.09. The summed E-state index contributed by atoms with van der Waals surface area (Å²) < 4.78 is 6.67. The van der Waals surface area contributed by atoms with Crippen LogP contribution in [-0.4, -0.2) is 0 Å². The van der Waals surface area contributed by atoms with Gasteiger partial charge in [0.15, 0.2) is 0 Å². The predicted octanol–water partition coefficient (Wildman–Crippen LogP) is 4.39. The number of hydrogen-bond acceptors (Lipinski definition) is 2. The summed E-state index contributed by atoms with van der Waals surface area (Å²) in [6, 6.07) is 14.2. The molecule has 0 heterocycles. The topological polar surface area (TPSA) is 33.0 Å². The lowest BCUT2D eigenvalue weighted by Crippen LogP contribution is -1.98. The Hall–Kier alpha value is -1.79. The van der Waals surface area contributed by atoms with Gasteiger partial charge in [-0.05, 0) is 54.2 Å². The molecular weight excluding hydrogens is 314 g/mol. The van der Waals surface area contributed by atoms with Crippen LogP contribution in [-0.2, 0) is 19.4 Å². The molecule has 2 aromatic carbocycles. The molecule has 0 saturated carbocycles. The van der Waals surface area contributed by atoms with Gasteiger partial charge in [-0.3, -0.25) is 0 Å². The number of rotatable bonds is 3. The third kappa shape index (κ3) is 2.71. The molecule has 2 nitrogen and oxygen atoms in total. The minimum atomic E-state index is 0.504. The van der Waals surface area contributed by atoms with Gasteiger partial charge in [-0.1, -0.05) is 34.1 Å².